The molecular formula is C26H31N3O3. The average molecular weight is 434 g/mol. The van der Waals surface area contributed by atoms with Gasteiger partial charge in [-0.1, -0.05) is 36.4 Å². The van der Waals surface area contributed by atoms with Gasteiger partial charge < -0.3 is 19.5 Å². The Morgan fingerprint density at radius 3 is 2.38 bits per heavy atom. The third-order valence-corrected chi connectivity index (χ3v) is 5.73. The Bertz CT molecular complexity index is 949. The zero-order valence-electron chi connectivity index (χ0n) is 18.8. The van der Waals surface area contributed by atoms with E-state index in [9.17, 15) is 0 Å². The van der Waals surface area contributed by atoms with Crippen LogP contribution in [-0.4, -0.2) is 50.3 Å². The molecule has 32 heavy (non-hydrogen) atoms. The lowest BCUT2D eigenvalue weighted by molar-refractivity contribution is 0.234. The summed E-state index contributed by atoms with van der Waals surface area (Å²) in [5, 5.41) is 3.49. The summed E-state index contributed by atoms with van der Waals surface area (Å²) < 4.78 is 17.7. The van der Waals surface area contributed by atoms with E-state index >= 15 is 0 Å². The Labute approximate surface area is 190 Å². The molecule has 0 spiro atoms. The summed E-state index contributed by atoms with van der Waals surface area (Å²) in [6.07, 6.45) is 2.94. The lowest BCUT2D eigenvalue weighted by Gasteiger charge is -2.31. The second kappa shape index (κ2) is 11.0. The second-order valence-electron chi connectivity index (χ2n) is 7.83. The van der Waals surface area contributed by atoms with Crippen molar-refractivity contribution in [3.63, 3.8) is 0 Å². The molecule has 1 N–H and O–H groups in total. The van der Waals surface area contributed by atoms with Crippen molar-refractivity contribution in [3.05, 3.63) is 83.7 Å². The highest BCUT2D eigenvalue weighted by Crippen LogP contribution is 2.42. The molecule has 4 rings (SSSR count). The van der Waals surface area contributed by atoms with Crippen LogP contribution in [0.2, 0.25) is 0 Å². The average Bonchev–Trinajstić information content (AvgIpc) is 3.13. The molecule has 2 heterocycles. The van der Waals surface area contributed by atoms with E-state index in [1.165, 1.54) is 0 Å². The van der Waals surface area contributed by atoms with Crippen molar-refractivity contribution in [3.8, 4) is 17.2 Å². The van der Waals surface area contributed by atoms with Gasteiger partial charge in [-0.05, 0) is 48.4 Å². The number of hydrogen-bond donors (Lipinski definition) is 1. The van der Waals surface area contributed by atoms with Gasteiger partial charge in [0.25, 0.3) is 0 Å². The van der Waals surface area contributed by atoms with Gasteiger partial charge in [0.15, 0.2) is 11.5 Å². The van der Waals surface area contributed by atoms with Crippen LogP contribution in [0.3, 0.4) is 0 Å². The van der Waals surface area contributed by atoms with E-state index < -0.39 is 0 Å². The molecular weight excluding hydrogens is 402 g/mol. The number of pyridine rings is 1. The topological polar surface area (TPSA) is 55.9 Å². The van der Waals surface area contributed by atoms with Crippen LogP contribution >= 0.6 is 0 Å². The number of rotatable bonds is 8. The van der Waals surface area contributed by atoms with Crippen molar-refractivity contribution in [2.24, 2.45) is 0 Å². The zero-order valence-corrected chi connectivity index (χ0v) is 18.8. The fourth-order valence-corrected chi connectivity index (χ4v) is 4.16. The van der Waals surface area contributed by atoms with Gasteiger partial charge >= 0.3 is 0 Å². The Kier molecular flexibility index (Phi) is 7.59. The molecule has 0 bridgehead atoms. The number of ether oxygens (including phenoxy) is 3. The van der Waals surface area contributed by atoms with E-state index in [-0.39, 0.29) is 6.04 Å². The molecule has 1 aromatic heterocycles. The predicted octanol–water partition coefficient (Wildman–Crippen LogP) is 4.06. The Balaban J connectivity index is 1.71. The van der Waals surface area contributed by atoms with E-state index in [1.807, 2.05) is 48.7 Å². The Morgan fingerprint density at radius 2 is 1.69 bits per heavy atom. The second-order valence-corrected chi connectivity index (χ2v) is 7.83. The highest BCUT2D eigenvalue weighted by Gasteiger charge is 2.27. The smallest absolute Gasteiger partial charge is 0.203 e. The van der Waals surface area contributed by atoms with Gasteiger partial charge in [0.05, 0.1) is 26.0 Å². The van der Waals surface area contributed by atoms with Crippen LogP contribution < -0.4 is 19.5 Å². The summed E-state index contributed by atoms with van der Waals surface area (Å²) >= 11 is 0. The monoisotopic (exact) mass is 433 g/mol. The molecule has 0 radical (unpaired) electrons. The molecule has 1 aliphatic heterocycles. The van der Waals surface area contributed by atoms with Crippen molar-refractivity contribution >= 4 is 0 Å². The first-order valence-corrected chi connectivity index (χ1v) is 11.1. The first kappa shape index (κ1) is 22.1. The SMILES string of the molecule is COc1cc(C(c2ccccn2)N2CCCNCC2)cc(OC)c1OCc1ccccc1. The normalized spacial score (nSPS) is 15.6. The molecule has 3 aromatic rings. The van der Waals surface area contributed by atoms with E-state index in [1.54, 1.807) is 14.2 Å². The van der Waals surface area contributed by atoms with Crippen LogP contribution in [0, 0.1) is 0 Å². The fourth-order valence-electron chi connectivity index (χ4n) is 4.16. The highest BCUT2D eigenvalue weighted by atomic mass is 16.5. The molecule has 1 atom stereocenters. The summed E-state index contributed by atoms with van der Waals surface area (Å²) in [4.78, 5) is 7.17. The lowest BCUT2D eigenvalue weighted by atomic mass is 9.99. The molecule has 1 unspecified atom stereocenters. The predicted molar refractivity (Wildman–Crippen MR) is 125 cm³/mol. The largest absolute Gasteiger partial charge is 0.493 e. The van der Waals surface area contributed by atoms with Gasteiger partial charge in [-0.2, -0.15) is 0 Å². The van der Waals surface area contributed by atoms with E-state index in [0.717, 1.165) is 49.4 Å². The van der Waals surface area contributed by atoms with E-state index in [2.05, 4.69) is 28.4 Å². The van der Waals surface area contributed by atoms with Gasteiger partial charge in [-0.3, -0.25) is 9.88 Å². The quantitative estimate of drug-likeness (QED) is 0.578. The lowest BCUT2D eigenvalue weighted by Crippen LogP contribution is -2.33. The third kappa shape index (κ3) is 5.21. The maximum atomic E-state index is 6.15. The first-order chi connectivity index (χ1) is 15.8. The number of hydrogen-bond acceptors (Lipinski definition) is 6. The standard InChI is InChI=1S/C26H31N3O3/c1-30-23-17-21(18-24(31-2)26(23)32-19-20-9-4-3-5-10-20)25(22-11-6-7-13-28-22)29-15-8-12-27-14-16-29/h3-7,9-11,13,17-18,25,27H,8,12,14-16,19H2,1-2H3. The minimum Gasteiger partial charge on any atom is -0.493 e. The maximum absolute atomic E-state index is 6.15. The molecule has 168 valence electrons. The van der Waals surface area contributed by atoms with Crippen LogP contribution in [0.15, 0.2) is 66.9 Å². The van der Waals surface area contributed by atoms with E-state index in [4.69, 9.17) is 19.2 Å². The van der Waals surface area contributed by atoms with Crippen molar-refractivity contribution in [1.29, 1.82) is 0 Å². The van der Waals surface area contributed by atoms with Gasteiger partial charge in [0, 0.05) is 25.8 Å². The van der Waals surface area contributed by atoms with Gasteiger partial charge in [0.2, 0.25) is 5.75 Å². The molecule has 6 heteroatoms. The molecule has 1 fully saturated rings. The molecule has 0 aliphatic carbocycles. The van der Waals surface area contributed by atoms with Crippen molar-refractivity contribution < 1.29 is 14.2 Å². The van der Waals surface area contributed by atoms with Crippen molar-refractivity contribution in [2.75, 3.05) is 40.4 Å². The summed E-state index contributed by atoms with van der Waals surface area (Å²) in [5.41, 5.74) is 3.17. The number of methoxy groups -OCH3 is 2. The minimum atomic E-state index is 0.00192. The highest BCUT2D eigenvalue weighted by molar-refractivity contribution is 5.55. The third-order valence-electron chi connectivity index (χ3n) is 5.73. The van der Waals surface area contributed by atoms with Crippen LogP contribution in [0.1, 0.15) is 29.3 Å². The number of aromatic nitrogens is 1. The summed E-state index contributed by atoms with van der Waals surface area (Å²) in [5.74, 6) is 1.92. The maximum Gasteiger partial charge on any atom is 0.203 e. The number of nitrogens with one attached hydrogen (secondary N) is 1. The van der Waals surface area contributed by atoms with Crippen molar-refractivity contribution in [2.45, 2.75) is 19.1 Å². The first-order valence-electron chi connectivity index (χ1n) is 11.1. The van der Waals surface area contributed by atoms with Gasteiger partial charge in [-0.25, -0.2) is 0 Å². The summed E-state index contributed by atoms with van der Waals surface area (Å²) in [6.45, 7) is 4.36. The Hall–Kier alpha value is -3.09. The number of benzene rings is 2. The molecule has 2 aromatic carbocycles. The molecule has 1 aliphatic rings. The minimum absolute atomic E-state index is 0.00192. The molecule has 0 amide bonds. The van der Waals surface area contributed by atoms with Crippen molar-refractivity contribution in [1.82, 2.24) is 15.2 Å². The number of nitrogens with zero attached hydrogens (tertiary/aromatic N) is 2. The molecule has 0 saturated carbocycles. The summed E-state index contributed by atoms with van der Waals surface area (Å²) in [7, 11) is 3.33. The zero-order chi connectivity index (χ0) is 22.2. The van der Waals surface area contributed by atoms with Crippen LogP contribution in [-0.2, 0) is 6.61 Å². The van der Waals surface area contributed by atoms with E-state index in [0.29, 0.717) is 23.9 Å². The molecule has 1 saturated heterocycles. The van der Waals surface area contributed by atoms with Crippen LogP contribution in [0.5, 0.6) is 17.2 Å². The summed E-state index contributed by atoms with van der Waals surface area (Å²) in [6, 6.07) is 20.3. The van der Waals surface area contributed by atoms with Gasteiger partial charge in [-0.15, -0.1) is 0 Å². The Morgan fingerprint density at radius 1 is 0.938 bits per heavy atom. The van der Waals surface area contributed by atoms with Crippen LogP contribution in [0.4, 0.5) is 0 Å². The van der Waals surface area contributed by atoms with Gasteiger partial charge in [0.1, 0.15) is 6.61 Å². The van der Waals surface area contributed by atoms with Crippen LogP contribution in [0.25, 0.3) is 0 Å². The fraction of sp³-hybridized carbons (Fsp3) is 0.346. The molecule has 6 nitrogen and oxygen atoms in total.